The number of carbonyl (C=O) groups excluding carboxylic acids is 1. The van der Waals surface area contributed by atoms with Gasteiger partial charge in [-0.3, -0.25) is 9.48 Å². The van der Waals surface area contributed by atoms with Crippen molar-refractivity contribution in [3.63, 3.8) is 0 Å². The maximum Gasteiger partial charge on any atom is 0.408 e. The quantitative estimate of drug-likeness (QED) is 0.390. The number of anilines is 1. The van der Waals surface area contributed by atoms with Gasteiger partial charge in [-0.05, 0) is 44.7 Å². The number of nitrogens with zero attached hydrogens (tertiary/aromatic N) is 2. The zero-order valence-corrected chi connectivity index (χ0v) is 21.8. The van der Waals surface area contributed by atoms with Gasteiger partial charge in [0.05, 0.1) is 10.7 Å². The molecule has 2 rings (SSSR count). The third-order valence-corrected chi connectivity index (χ3v) is 7.09. The summed E-state index contributed by atoms with van der Waals surface area (Å²) < 4.78 is 62.6. The van der Waals surface area contributed by atoms with Crippen LogP contribution in [-0.2, 0) is 16.4 Å². The number of nitrogens with one attached hydrogen (secondary N) is 2. The molecule has 0 saturated carbocycles. The second-order valence-electron chi connectivity index (χ2n) is 8.57. The topological polar surface area (TPSA) is 93.1 Å². The molecule has 1 heterocycles. The summed E-state index contributed by atoms with van der Waals surface area (Å²) in [6, 6.07) is 4.58. The van der Waals surface area contributed by atoms with Crippen LogP contribution in [0, 0.1) is 5.92 Å². The number of carbonyl (C=O) groups is 1. The summed E-state index contributed by atoms with van der Waals surface area (Å²) >= 11 is 6.53. The second kappa shape index (κ2) is 12.1. The highest BCUT2D eigenvalue weighted by Gasteiger charge is 2.35. The minimum atomic E-state index is -4.37. The Morgan fingerprint density at radius 3 is 2.34 bits per heavy atom. The molecule has 12 heteroatoms. The number of hydrogen-bond acceptors (Lipinski definition) is 5. The molecule has 1 amide bonds. The van der Waals surface area contributed by atoms with E-state index in [1.165, 1.54) is 18.4 Å². The van der Waals surface area contributed by atoms with E-state index in [1.807, 2.05) is 13.8 Å². The summed E-state index contributed by atoms with van der Waals surface area (Å²) in [7, 11) is -3.03. The first-order valence-electron chi connectivity index (χ1n) is 11.4. The molecule has 1 aromatic carbocycles. The van der Waals surface area contributed by atoms with E-state index >= 15 is 0 Å². The predicted octanol–water partition coefficient (Wildman–Crippen LogP) is 5.17. The largest absolute Gasteiger partial charge is 0.408 e. The van der Waals surface area contributed by atoms with Crippen molar-refractivity contribution in [2.24, 2.45) is 5.92 Å². The Morgan fingerprint density at radius 1 is 1.20 bits per heavy atom. The van der Waals surface area contributed by atoms with Gasteiger partial charge in [0.25, 0.3) is 5.91 Å². The minimum absolute atomic E-state index is 0.0578. The molecule has 1 aromatic heterocycles. The van der Waals surface area contributed by atoms with Gasteiger partial charge in [-0.25, -0.2) is 8.42 Å². The number of halogens is 4. The SMILES string of the molecule is CC[C@H](CCCS(C)(=O)=O)CNC(=O)c1nn(CC)c(-c2ccc(N[C@H](C)C(F)(F)F)cc2)c1Cl. The third kappa shape index (κ3) is 8.42. The molecule has 2 N–H and O–H groups in total. The van der Waals surface area contributed by atoms with Crippen LogP contribution in [0.2, 0.25) is 5.02 Å². The maximum atomic E-state index is 12.8. The van der Waals surface area contributed by atoms with E-state index in [4.69, 9.17) is 11.6 Å². The van der Waals surface area contributed by atoms with Crippen molar-refractivity contribution in [1.29, 1.82) is 0 Å². The van der Waals surface area contributed by atoms with Crippen LogP contribution in [0.1, 0.15) is 50.5 Å². The number of rotatable bonds is 12. The number of aromatic nitrogens is 2. The number of amides is 1. The van der Waals surface area contributed by atoms with E-state index in [0.717, 1.165) is 13.3 Å². The zero-order chi connectivity index (χ0) is 26.4. The molecule has 0 aliphatic carbocycles. The monoisotopic (exact) mass is 536 g/mol. The van der Waals surface area contributed by atoms with Gasteiger partial charge in [-0.2, -0.15) is 18.3 Å². The molecule has 0 saturated heterocycles. The molecule has 35 heavy (non-hydrogen) atoms. The van der Waals surface area contributed by atoms with E-state index < -0.39 is 28.0 Å². The number of hydrogen-bond donors (Lipinski definition) is 2. The lowest BCUT2D eigenvalue weighted by Crippen LogP contribution is -2.32. The lowest BCUT2D eigenvalue weighted by atomic mass is 10.0. The van der Waals surface area contributed by atoms with Crippen molar-refractivity contribution in [3.05, 3.63) is 35.0 Å². The van der Waals surface area contributed by atoms with Crippen LogP contribution in [0.3, 0.4) is 0 Å². The van der Waals surface area contributed by atoms with Gasteiger partial charge in [-0.1, -0.05) is 37.1 Å². The number of benzene rings is 1. The molecule has 0 fully saturated rings. The second-order valence-corrected chi connectivity index (χ2v) is 11.2. The molecule has 2 atom stereocenters. The Kier molecular flexibility index (Phi) is 10.0. The first-order chi connectivity index (χ1) is 16.3. The van der Waals surface area contributed by atoms with Crippen molar-refractivity contribution in [1.82, 2.24) is 15.1 Å². The van der Waals surface area contributed by atoms with Crippen LogP contribution in [0.5, 0.6) is 0 Å². The molecular formula is C23H32ClF3N4O3S. The Morgan fingerprint density at radius 2 is 1.83 bits per heavy atom. The van der Waals surface area contributed by atoms with E-state index in [1.54, 1.807) is 16.8 Å². The highest BCUT2D eigenvalue weighted by atomic mass is 35.5. The minimum Gasteiger partial charge on any atom is -0.374 e. The Hall–Kier alpha value is -2.27. The Bertz CT molecular complexity index is 1100. The van der Waals surface area contributed by atoms with Crippen LogP contribution in [-0.4, -0.2) is 54.9 Å². The van der Waals surface area contributed by atoms with Crippen LogP contribution >= 0.6 is 11.6 Å². The fourth-order valence-corrected chi connectivity index (χ4v) is 4.57. The normalized spacial score (nSPS) is 13.9. The Balaban J connectivity index is 2.13. The summed E-state index contributed by atoms with van der Waals surface area (Å²) in [6.45, 7) is 5.64. The fraction of sp³-hybridized carbons (Fsp3) is 0.565. The lowest BCUT2D eigenvalue weighted by molar-refractivity contribution is -0.138. The first kappa shape index (κ1) is 29.0. The van der Waals surface area contributed by atoms with E-state index in [0.29, 0.717) is 42.9 Å². The van der Waals surface area contributed by atoms with Crippen LogP contribution in [0.25, 0.3) is 11.3 Å². The van der Waals surface area contributed by atoms with Crippen molar-refractivity contribution >= 4 is 33.0 Å². The molecule has 0 aliphatic rings. The van der Waals surface area contributed by atoms with Gasteiger partial charge in [0.1, 0.15) is 15.9 Å². The van der Waals surface area contributed by atoms with Crippen LogP contribution in [0.15, 0.2) is 24.3 Å². The van der Waals surface area contributed by atoms with Crippen molar-refractivity contribution in [2.45, 2.75) is 58.8 Å². The lowest BCUT2D eigenvalue weighted by Gasteiger charge is -2.18. The molecule has 7 nitrogen and oxygen atoms in total. The highest BCUT2D eigenvalue weighted by Crippen LogP contribution is 2.32. The predicted molar refractivity (Wildman–Crippen MR) is 133 cm³/mol. The van der Waals surface area contributed by atoms with Crippen molar-refractivity contribution in [3.8, 4) is 11.3 Å². The molecule has 0 aliphatic heterocycles. The van der Waals surface area contributed by atoms with E-state index in [9.17, 15) is 26.4 Å². The van der Waals surface area contributed by atoms with Gasteiger partial charge in [0.15, 0.2) is 5.69 Å². The summed E-state index contributed by atoms with van der Waals surface area (Å²) in [5, 5.41) is 9.73. The van der Waals surface area contributed by atoms with Gasteiger partial charge in [0, 0.05) is 36.3 Å². The van der Waals surface area contributed by atoms with Crippen LogP contribution in [0.4, 0.5) is 18.9 Å². The molecule has 196 valence electrons. The summed E-state index contributed by atoms with van der Waals surface area (Å²) in [5.74, 6) is -0.217. The summed E-state index contributed by atoms with van der Waals surface area (Å²) in [5.41, 5.74) is 1.47. The number of sulfone groups is 1. The average molecular weight is 537 g/mol. The summed E-state index contributed by atoms with van der Waals surface area (Å²) in [4.78, 5) is 12.8. The average Bonchev–Trinajstić information content (AvgIpc) is 3.11. The number of aryl methyl sites for hydroxylation is 1. The van der Waals surface area contributed by atoms with Crippen molar-refractivity contribution in [2.75, 3.05) is 23.9 Å². The molecule has 0 unspecified atom stereocenters. The van der Waals surface area contributed by atoms with E-state index in [-0.39, 0.29) is 22.4 Å². The highest BCUT2D eigenvalue weighted by molar-refractivity contribution is 7.90. The molecule has 2 aromatic rings. The van der Waals surface area contributed by atoms with E-state index in [2.05, 4.69) is 15.7 Å². The standard InChI is InChI=1S/C23H32ClF3N4O3S/c1-5-16(8-7-13-35(4,33)34)14-28-22(32)20-19(24)21(31(6-2)30-20)17-9-11-18(12-10-17)29-15(3)23(25,26)27/h9-12,15-16,29H,5-8,13-14H2,1-4H3,(H,28,32)/t15-,16-/m1/s1. The molecule has 0 spiro atoms. The fourth-order valence-electron chi connectivity index (χ4n) is 3.55. The van der Waals surface area contributed by atoms with Gasteiger partial charge < -0.3 is 10.6 Å². The first-order valence-corrected chi connectivity index (χ1v) is 13.9. The summed E-state index contributed by atoms with van der Waals surface area (Å²) in [6.07, 6.45) is -1.20. The van der Waals surface area contributed by atoms with Crippen molar-refractivity contribution < 1.29 is 26.4 Å². The van der Waals surface area contributed by atoms with Gasteiger partial charge in [-0.15, -0.1) is 0 Å². The van der Waals surface area contributed by atoms with Crippen LogP contribution < -0.4 is 10.6 Å². The Labute approximate surface area is 209 Å². The molecule has 0 radical (unpaired) electrons. The number of alkyl halides is 3. The van der Waals surface area contributed by atoms with Gasteiger partial charge >= 0.3 is 6.18 Å². The van der Waals surface area contributed by atoms with Gasteiger partial charge in [0.2, 0.25) is 0 Å². The third-order valence-electron chi connectivity index (χ3n) is 5.70. The zero-order valence-electron chi connectivity index (χ0n) is 20.2. The molecule has 0 bridgehead atoms. The molecular weight excluding hydrogens is 505 g/mol. The smallest absolute Gasteiger partial charge is 0.374 e. The maximum absolute atomic E-state index is 12.8.